The molecule has 0 unspecified atom stereocenters. The zero-order chi connectivity index (χ0) is 11.5. The first-order chi connectivity index (χ1) is 6.90. The zero-order valence-corrected chi connectivity index (χ0v) is 9.88. The van der Waals surface area contributed by atoms with Gasteiger partial charge in [0.25, 0.3) is 0 Å². The van der Waals surface area contributed by atoms with Gasteiger partial charge in [-0.05, 0) is 52.5 Å². The third-order valence-electron chi connectivity index (χ3n) is 2.60. The van der Waals surface area contributed by atoms with Crippen LogP contribution in [0.3, 0.4) is 0 Å². The summed E-state index contributed by atoms with van der Waals surface area (Å²) in [5, 5.41) is 2.88. The van der Waals surface area contributed by atoms with E-state index >= 15 is 0 Å². The molecule has 15 heavy (non-hydrogen) atoms. The number of rotatable bonds is 2. The maximum Gasteiger partial charge on any atom is 0.407 e. The summed E-state index contributed by atoms with van der Waals surface area (Å²) in [4.78, 5) is 11.4. The monoisotopic (exact) mass is 214 g/mol. The van der Waals surface area contributed by atoms with Crippen molar-refractivity contribution in [2.45, 2.75) is 51.7 Å². The molecule has 0 heterocycles. The van der Waals surface area contributed by atoms with Gasteiger partial charge in [-0.25, -0.2) is 4.79 Å². The summed E-state index contributed by atoms with van der Waals surface area (Å²) >= 11 is 0. The molecule has 1 fully saturated rings. The van der Waals surface area contributed by atoms with Crippen LogP contribution >= 0.6 is 0 Å². The summed E-state index contributed by atoms with van der Waals surface area (Å²) in [6.45, 7) is 6.31. The second-order valence-corrected chi connectivity index (χ2v) is 5.26. The van der Waals surface area contributed by atoms with E-state index in [9.17, 15) is 4.79 Å². The van der Waals surface area contributed by atoms with Crippen LogP contribution in [0, 0.1) is 5.92 Å². The van der Waals surface area contributed by atoms with Crippen molar-refractivity contribution >= 4 is 6.09 Å². The summed E-state index contributed by atoms with van der Waals surface area (Å²) in [5.41, 5.74) is 5.16. The summed E-state index contributed by atoms with van der Waals surface area (Å²) in [6.07, 6.45) is 2.79. The molecule has 2 atom stereocenters. The molecule has 0 saturated heterocycles. The third-order valence-corrected chi connectivity index (χ3v) is 2.60. The highest BCUT2D eigenvalue weighted by Crippen LogP contribution is 2.24. The second kappa shape index (κ2) is 4.84. The van der Waals surface area contributed by atoms with Gasteiger partial charge in [-0.2, -0.15) is 0 Å². The molecule has 1 aliphatic rings. The first-order valence-electron chi connectivity index (χ1n) is 5.60. The molecular formula is C11H22N2O2. The zero-order valence-electron chi connectivity index (χ0n) is 9.88. The van der Waals surface area contributed by atoms with Gasteiger partial charge in [-0.3, -0.25) is 0 Å². The summed E-state index contributed by atoms with van der Waals surface area (Å²) in [7, 11) is 0. The Morgan fingerprint density at radius 2 is 2.13 bits per heavy atom. The Hall–Kier alpha value is -0.770. The van der Waals surface area contributed by atoms with Crippen molar-refractivity contribution in [3.63, 3.8) is 0 Å². The number of nitrogens with two attached hydrogens (primary N) is 1. The summed E-state index contributed by atoms with van der Waals surface area (Å²) in [5.74, 6) is 0.560. The minimum absolute atomic E-state index is 0.244. The molecule has 3 N–H and O–H groups in total. The molecule has 88 valence electrons. The van der Waals surface area contributed by atoms with Crippen LogP contribution in [-0.4, -0.2) is 24.3 Å². The smallest absolute Gasteiger partial charge is 0.407 e. The van der Waals surface area contributed by atoms with E-state index in [-0.39, 0.29) is 12.1 Å². The number of hydrogen-bond donors (Lipinski definition) is 2. The molecule has 0 bridgehead atoms. The van der Waals surface area contributed by atoms with Crippen molar-refractivity contribution in [1.82, 2.24) is 5.32 Å². The number of alkyl carbamates (subject to hydrolysis) is 1. The maximum atomic E-state index is 11.4. The van der Waals surface area contributed by atoms with Crippen molar-refractivity contribution < 1.29 is 9.53 Å². The molecule has 0 aliphatic heterocycles. The minimum Gasteiger partial charge on any atom is -0.444 e. The average Bonchev–Trinajstić information content (AvgIpc) is 2.48. The van der Waals surface area contributed by atoms with Gasteiger partial charge in [0.1, 0.15) is 5.60 Å². The van der Waals surface area contributed by atoms with Gasteiger partial charge in [0.05, 0.1) is 0 Å². The molecular weight excluding hydrogens is 192 g/mol. The molecule has 1 amide bonds. The average molecular weight is 214 g/mol. The van der Waals surface area contributed by atoms with Gasteiger partial charge in [0.15, 0.2) is 0 Å². The van der Waals surface area contributed by atoms with E-state index in [2.05, 4.69) is 5.32 Å². The van der Waals surface area contributed by atoms with Crippen molar-refractivity contribution in [3.05, 3.63) is 0 Å². The normalized spacial score (nSPS) is 26.4. The Balaban J connectivity index is 2.28. The fourth-order valence-electron chi connectivity index (χ4n) is 1.89. The Kier molecular flexibility index (Phi) is 3.97. The number of nitrogens with one attached hydrogen (secondary N) is 1. The van der Waals surface area contributed by atoms with E-state index < -0.39 is 5.60 Å². The fourth-order valence-corrected chi connectivity index (χ4v) is 1.89. The van der Waals surface area contributed by atoms with Crippen molar-refractivity contribution in [3.8, 4) is 0 Å². The molecule has 0 spiro atoms. The minimum atomic E-state index is -0.421. The van der Waals surface area contributed by atoms with E-state index in [1.165, 1.54) is 0 Å². The fraction of sp³-hybridized carbons (Fsp3) is 0.909. The Morgan fingerprint density at radius 1 is 1.47 bits per heavy atom. The van der Waals surface area contributed by atoms with Crippen LogP contribution in [0.5, 0.6) is 0 Å². The summed E-state index contributed by atoms with van der Waals surface area (Å²) in [6, 6.07) is 0.244. The van der Waals surface area contributed by atoms with Gasteiger partial charge in [0, 0.05) is 6.04 Å². The molecule has 0 aromatic heterocycles. The first kappa shape index (κ1) is 12.3. The number of carbonyl (C=O) groups is 1. The lowest BCUT2D eigenvalue weighted by molar-refractivity contribution is 0.0504. The molecule has 0 aromatic rings. The number of amides is 1. The molecule has 4 nitrogen and oxygen atoms in total. The van der Waals surface area contributed by atoms with Gasteiger partial charge >= 0.3 is 6.09 Å². The van der Waals surface area contributed by atoms with Crippen molar-refractivity contribution in [1.29, 1.82) is 0 Å². The SMILES string of the molecule is CC(C)(C)OC(=O)N[C@@H]1CC[C@@H](CN)C1. The van der Waals surface area contributed by atoms with Gasteiger partial charge in [0.2, 0.25) is 0 Å². The quantitative estimate of drug-likeness (QED) is 0.734. The maximum absolute atomic E-state index is 11.4. The molecule has 1 rings (SSSR count). The molecule has 0 radical (unpaired) electrons. The Morgan fingerprint density at radius 3 is 2.60 bits per heavy atom. The second-order valence-electron chi connectivity index (χ2n) is 5.26. The van der Waals surface area contributed by atoms with Crippen LogP contribution in [0.2, 0.25) is 0 Å². The topological polar surface area (TPSA) is 64.3 Å². The van der Waals surface area contributed by atoms with Gasteiger partial charge in [-0.15, -0.1) is 0 Å². The molecule has 1 aliphatic carbocycles. The molecule has 0 aromatic carbocycles. The van der Waals surface area contributed by atoms with E-state index in [1.807, 2.05) is 20.8 Å². The number of hydrogen-bond acceptors (Lipinski definition) is 3. The lowest BCUT2D eigenvalue weighted by atomic mass is 10.1. The lowest BCUT2D eigenvalue weighted by Gasteiger charge is -2.21. The van der Waals surface area contributed by atoms with Crippen LogP contribution in [0.15, 0.2) is 0 Å². The van der Waals surface area contributed by atoms with Crippen LogP contribution < -0.4 is 11.1 Å². The molecule has 4 heteroatoms. The standard InChI is InChI=1S/C11H22N2O2/c1-11(2,3)15-10(14)13-9-5-4-8(6-9)7-12/h8-9H,4-7,12H2,1-3H3,(H,13,14)/t8-,9-/m1/s1. The molecule has 1 saturated carbocycles. The largest absolute Gasteiger partial charge is 0.444 e. The van der Waals surface area contributed by atoms with Crippen LogP contribution in [0.1, 0.15) is 40.0 Å². The third kappa shape index (κ3) is 4.51. The number of ether oxygens (including phenoxy) is 1. The number of carbonyl (C=O) groups excluding carboxylic acids is 1. The van der Waals surface area contributed by atoms with Crippen LogP contribution in [-0.2, 0) is 4.74 Å². The first-order valence-corrected chi connectivity index (χ1v) is 5.60. The predicted molar refractivity (Wildman–Crippen MR) is 59.6 cm³/mol. The highest BCUT2D eigenvalue weighted by molar-refractivity contribution is 5.68. The van der Waals surface area contributed by atoms with E-state index in [0.717, 1.165) is 19.3 Å². The Bertz CT molecular complexity index is 223. The van der Waals surface area contributed by atoms with E-state index in [1.54, 1.807) is 0 Å². The van der Waals surface area contributed by atoms with E-state index in [4.69, 9.17) is 10.5 Å². The van der Waals surface area contributed by atoms with Crippen molar-refractivity contribution in [2.75, 3.05) is 6.54 Å². The lowest BCUT2D eigenvalue weighted by Crippen LogP contribution is -2.38. The predicted octanol–water partition coefficient (Wildman–Crippen LogP) is 1.64. The highest BCUT2D eigenvalue weighted by atomic mass is 16.6. The van der Waals surface area contributed by atoms with Gasteiger partial charge in [-0.1, -0.05) is 0 Å². The van der Waals surface area contributed by atoms with Crippen LogP contribution in [0.4, 0.5) is 4.79 Å². The van der Waals surface area contributed by atoms with E-state index in [0.29, 0.717) is 12.5 Å². The van der Waals surface area contributed by atoms with Crippen LogP contribution in [0.25, 0.3) is 0 Å². The Labute approximate surface area is 91.5 Å². The summed E-state index contributed by atoms with van der Waals surface area (Å²) < 4.78 is 5.19. The van der Waals surface area contributed by atoms with Crippen molar-refractivity contribution in [2.24, 2.45) is 11.7 Å². The highest BCUT2D eigenvalue weighted by Gasteiger charge is 2.26. The van der Waals surface area contributed by atoms with Gasteiger partial charge < -0.3 is 15.8 Å².